The molecule has 3 N–H and O–H groups in total. The number of ether oxygens (including phenoxy) is 1. The Hall–Kier alpha value is -1.63. The minimum atomic E-state index is -0.933. The number of carbonyl (C=O) groups is 1. The molecule has 21 heavy (non-hydrogen) atoms. The monoisotopic (exact) mass is 295 g/mol. The minimum Gasteiger partial charge on any atom is -0.461 e. The van der Waals surface area contributed by atoms with Crippen LogP contribution in [0.4, 0.5) is 0 Å². The van der Waals surface area contributed by atoms with Crippen molar-refractivity contribution in [3.8, 4) is 5.75 Å². The molecular formula is C15H21NO5. The number of para-hydroxylation sites is 1. The van der Waals surface area contributed by atoms with Crippen molar-refractivity contribution >= 4 is 5.97 Å². The Morgan fingerprint density at radius 1 is 1.24 bits per heavy atom. The SMILES string of the molecule is O=C(OC1CCC(O)CC1)[C@H](CO)NOc1ccccc1. The van der Waals surface area contributed by atoms with Gasteiger partial charge in [0.1, 0.15) is 11.9 Å². The Bertz CT molecular complexity index is 431. The third kappa shape index (κ3) is 5.00. The number of hydrogen-bond donors (Lipinski definition) is 3. The molecular weight excluding hydrogens is 274 g/mol. The molecule has 0 unspecified atom stereocenters. The zero-order chi connectivity index (χ0) is 15.1. The minimum absolute atomic E-state index is 0.200. The van der Waals surface area contributed by atoms with Crippen LogP contribution in [-0.2, 0) is 9.53 Å². The molecule has 1 atom stereocenters. The lowest BCUT2D eigenvalue weighted by atomic mass is 9.95. The number of benzene rings is 1. The molecule has 6 heteroatoms. The van der Waals surface area contributed by atoms with Crippen molar-refractivity contribution in [1.82, 2.24) is 5.48 Å². The van der Waals surface area contributed by atoms with Gasteiger partial charge in [0.25, 0.3) is 0 Å². The van der Waals surface area contributed by atoms with Crippen LogP contribution >= 0.6 is 0 Å². The molecule has 1 aliphatic carbocycles. The van der Waals surface area contributed by atoms with E-state index in [1.165, 1.54) is 0 Å². The van der Waals surface area contributed by atoms with Gasteiger partial charge in [-0.2, -0.15) is 0 Å². The summed E-state index contributed by atoms with van der Waals surface area (Å²) in [5, 5.41) is 18.7. The van der Waals surface area contributed by atoms with Crippen molar-refractivity contribution < 1.29 is 24.6 Å². The van der Waals surface area contributed by atoms with Gasteiger partial charge in [-0.25, -0.2) is 0 Å². The largest absolute Gasteiger partial charge is 0.461 e. The Morgan fingerprint density at radius 2 is 1.90 bits per heavy atom. The molecule has 0 spiro atoms. The Labute approximate surface area is 123 Å². The highest BCUT2D eigenvalue weighted by Gasteiger charge is 2.26. The Balaban J connectivity index is 1.78. The molecule has 116 valence electrons. The second-order valence-corrected chi connectivity index (χ2v) is 5.14. The van der Waals surface area contributed by atoms with Gasteiger partial charge in [0.15, 0.2) is 6.04 Å². The van der Waals surface area contributed by atoms with Crippen molar-refractivity contribution in [2.24, 2.45) is 0 Å². The molecule has 0 heterocycles. The van der Waals surface area contributed by atoms with Gasteiger partial charge in [-0.3, -0.25) is 4.79 Å². The summed E-state index contributed by atoms with van der Waals surface area (Å²) in [6.45, 7) is -0.416. The van der Waals surface area contributed by atoms with Crippen LogP contribution in [0.1, 0.15) is 25.7 Å². The standard InChI is InChI=1S/C15H21NO5/c17-10-14(16-21-13-4-2-1-3-5-13)15(19)20-12-8-6-11(18)7-9-12/h1-5,11-12,14,16-18H,6-10H2/t11?,12?,14-/m0/s1. The molecule has 1 saturated carbocycles. The van der Waals surface area contributed by atoms with Gasteiger partial charge in [-0.15, -0.1) is 5.48 Å². The van der Waals surface area contributed by atoms with Gasteiger partial charge >= 0.3 is 5.97 Å². The van der Waals surface area contributed by atoms with Crippen molar-refractivity contribution in [3.63, 3.8) is 0 Å². The van der Waals surface area contributed by atoms with Crippen LogP contribution in [0.3, 0.4) is 0 Å². The van der Waals surface area contributed by atoms with Crippen molar-refractivity contribution in [2.45, 2.75) is 43.9 Å². The molecule has 0 saturated heterocycles. The second-order valence-electron chi connectivity index (χ2n) is 5.14. The summed E-state index contributed by atoms with van der Waals surface area (Å²) in [5.74, 6) is -0.000593. The predicted octanol–water partition coefficient (Wildman–Crippen LogP) is 0.778. The lowest BCUT2D eigenvalue weighted by molar-refractivity contribution is -0.157. The number of esters is 1. The van der Waals surface area contributed by atoms with E-state index in [1.54, 1.807) is 24.3 Å². The first-order chi connectivity index (χ1) is 10.2. The van der Waals surface area contributed by atoms with Gasteiger partial charge < -0.3 is 19.8 Å². The normalized spacial score (nSPS) is 23.3. The van der Waals surface area contributed by atoms with Gasteiger partial charge in [0.2, 0.25) is 0 Å². The highest BCUT2D eigenvalue weighted by atomic mass is 16.7. The van der Waals surface area contributed by atoms with E-state index in [1.807, 2.05) is 6.07 Å². The highest BCUT2D eigenvalue weighted by Crippen LogP contribution is 2.21. The van der Waals surface area contributed by atoms with E-state index in [4.69, 9.17) is 9.57 Å². The summed E-state index contributed by atoms with van der Waals surface area (Å²) in [7, 11) is 0. The lowest BCUT2D eigenvalue weighted by Gasteiger charge is -2.26. The van der Waals surface area contributed by atoms with Crippen LogP contribution < -0.4 is 10.3 Å². The topological polar surface area (TPSA) is 88.0 Å². The first-order valence-corrected chi connectivity index (χ1v) is 7.16. The van der Waals surface area contributed by atoms with Crippen molar-refractivity contribution in [2.75, 3.05) is 6.61 Å². The maximum absolute atomic E-state index is 12.0. The van der Waals surface area contributed by atoms with Crippen molar-refractivity contribution in [1.29, 1.82) is 0 Å². The Morgan fingerprint density at radius 3 is 2.52 bits per heavy atom. The molecule has 2 rings (SSSR count). The summed E-state index contributed by atoms with van der Waals surface area (Å²) in [4.78, 5) is 17.2. The van der Waals surface area contributed by atoms with Crippen LogP contribution in [0, 0.1) is 0 Å². The maximum Gasteiger partial charge on any atom is 0.329 e. The molecule has 0 aromatic heterocycles. The summed E-state index contributed by atoms with van der Waals surface area (Å²) in [6, 6.07) is 7.98. The number of nitrogens with one attached hydrogen (secondary N) is 1. The molecule has 1 aromatic carbocycles. The molecule has 1 aromatic rings. The number of hydrogen-bond acceptors (Lipinski definition) is 6. The van der Waals surface area contributed by atoms with E-state index in [2.05, 4.69) is 5.48 Å². The average molecular weight is 295 g/mol. The fraction of sp³-hybridized carbons (Fsp3) is 0.533. The summed E-state index contributed by atoms with van der Waals surface area (Å²) < 4.78 is 5.33. The smallest absolute Gasteiger partial charge is 0.329 e. The second kappa shape index (κ2) is 7.97. The molecule has 0 amide bonds. The Kier molecular flexibility index (Phi) is 5.98. The van der Waals surface area contributed by atoms with E-state index < -0.39 is 18.6 Å². The van der Waals surface area contributed by atoms with E-state index >= 15 is 0 Å². The summed E-state index contributed by atoms with van der Waals surface area (Å²) in [5.41, 5.74) is 2.51. The van der Waals surface area contributed by atoms with Crippen molar-refractivity contribution in [3.05, 3.63) is 30.3 Å². The van der Waals surface area contributed by atoms with E-state index in [0.29, 0.717) is 31.4 Å². The third-order valence-corrected chi connectivity index (χ3v) is 3.46. The lowest BCUT2D eigenvalue weighted by Crippen LogP contribution is -2.44. The molecule has 0 bridgehead atoms. The summed E-state index contributed by atoms with van der Waals surface area (Å²) in [6.07, 6.45) is 2.06. The van der Waals surface area contributed by atoms with Gasteiger partial charge in [0, 0.05) is 0 Å². The predicted molar refractivity (Wildman–Crippen MR) is 75.4 cm³/mol. The molecule has 1 aliphatic rings. The van der Waals surface area contributed by atoms with E-state index in [-0.39, 0.29) is 12.2 Å². The first kappa shape index (κ1) is 15.8. The maximum atomic E-state index is 12.0. The number of carbonyl (C=O) groups excluding carboxylic acids is 1. The molecule has 0 radical (unpaired) electrons. The number of rotatable bonds is 6. The number of aliphatic hydroxyl groups excluding tert-OH is 2. The molecule has 6 nitrogen and oxygen atoms in total. The highest BCUT2D eigenvalue weighted by molar-refractivity contribution is 5.76. The molecule has 0 aliphatic heterocycles. The van der Waals surface area contributed by atoms with E-state index in [9.17, 15) is 15.0 Å². The average Bonchev–Trinajstić information content (AvgIpc) is 2.51. The van der Waals surface area contributed by atoms with Gasteiger partial charge in [-0.1, -0.05) is 18.2 Å². The first-order valence-electron chi connectivity index (χ1n) is 7.16. The zero-order valence-electron chi connectivity index (χ0n) is 11.8. The van der Waals surface area contributed by atoms with Gasteiger partial charge in [-0.05, 0) is 37.8 Å². The third-order valence-electron chi connectivity index (χ3n) is 3.46. The van der Waals surface area contributed by atoms with Crippen LogP contribution in [0.15, 0.2) is 30.3 Å². The van der Waals surface area contributed by atoms with E-state index in [0.717, 1.165) is 0 Å². The van der Waals surface area contributed by atoms with Crippen LogP contribution in [-0.4, -0.2) is 41.0 Å². The fourth-order valence-electron chi connectivity index (χ4n) is 2.20. The van der Waals surface area contributed by atoms with Crippen LogP contribution in [0.2, 0.25) is 0 Å². The van der Waals surface area contributed by atoms with Crippen LogP contribution in [0.25, 0.3) is 0 Å². The van der Waals surface area contributed by atoms with Crippen LogP contribution in [0.5, 0.6) is 5.75 Å². The number of aliphatic hydroxyl groups is 2. The molecule has 1 fully saturated rings. The zero-order valence-corrected chi connectivity index (χ0v) is 11.8. The quantitative estimate of drug-likeness (QED) is 0.531. The number of hydroxylamine groups is 1. The fourth-order valence-corrected chi connectivity index (χ4v) is 2.20. The summed E-state index contributed by atoms with van der Waals surface area (Å²) >= 11 is 0. The van der Waals surface area contributed by atoms with Gasteiger partial charge in [0.05, 0.1) is 12.7 Å².